The molecule has 0 spiro atoms. The van der Waals surface area contributed by atoms with Crippen LogP contribution in [-0.2, 0) is 28.9 Å². The SMILES string of the molecule is CCCCCCCCCC/C=C/CC/C=C/C(O)C(COC1OC(CO)C(O)C(OS(=O)(=O)O)C1O)NC(=O)C(O)CCCCCC/C=C\CCCCCCCCCCC. The van der Waals surface area contributed by atoms with Gasteiger partial charge in [0.15, 0.2) is 6.29 Å². The fourth-order valence-electron chi connectivity index (χ4n) is 7.24. The Morgan fingerprint density at radius 2 is 1.12 bits per heavy atom. The summed E-state index contributed by atoms with van der Waals surface area (Å²) in [5.74, 6) is -0.722. The van der Waals surface area contributed by atoms with E-state index in [0.29, 0.717) is 12.8 Å². The predicted octanol–water partition coefficient (Wildman–Crippen LogP) is 8.08. The maximum atomic E-state index is 13.1. The van der Waals surface area contributed by atoms with E-state index in [4.69, 9.17) is 9.47 Å². The zero-order chi connectivity index (χ0) is 44.3. The molecule has 14 heteroatoms. The Morgan fingerprint density at radius 1 is 0.667 bits per heavy atom. The van der Waals surface area contributed by atoms with E-state index < -0.39 is 78.5 Å². The van der Waals surface area contributed by atoms with Gasteiger partial charge in [0, 0.05) is 0 Å². The van der Waals surface area contributed by atoms with E-state index in [1.54, 1.807) is 6.08 Å². The largest absolute Gasteiger partial charge is 0.397 e. The lowest BCUT2D eigenvalue weighted by atomic mass is 9.99. The van der Waals surface area contributed by atoms with Gasteiger partial charge in [0.1, 0.15) is 30.5 Å². The molecule has 1 fully saturated rings. The second-order valence-electron chi connectivity index (χ2n) is 16.5. The van der Waals surface area contributed by atoms with Crippen LogP contribution < -0.4 is 5.32 Å². The van der Waals surface area contributed by atoms with Crippen molar-refractivity contribution in [1.29, 1.82) is 0 Å². The number of carbonyl (C=O) groups excluding carboxylic acids is 1. The number of aliphatic hydroxyl groups is 5. The molecular weight excluding hydrogens is 791 g/mol. The van der Waals surface area contributed by atoms with Crippen LogP contribution in [0.15, 0.2) is 36.5 Å². The van der Waals surface area contributed by atoms with Crippen molar-refractivity contribution in [2.45, 2.75) is 236 Å². The molecule has 0 aliphatic carbocycles. The highest BCUT2D eigenvalue weighted by Crippen LogP contribution is 2.26. The third kappa shape index (κ3) is 28.8. The summed E-state index contributed by atoms with van der Waals surface area (Å²) < 4.78 is 47.5. The van der Waals surface area contributed by atoms with E-state index in [9.17, 15) is 43.3 Å². The molecule has 0 saturated carbocycles. The van der Waals surface area contributed by atoms with Crippen LogP contribution in [0.4, 0.5) is 0 Å². The number of ether oxygens (including phenoxy) is 2. The van der Waals surface area contributed by atoms with Gasteiger partial charge in [-0.2, -0.15) is 8.42 Å². The van der Waals surface area contributed by atoms with Crippen molar-refractivity contribution >= 4 is 16.3 Å². The Kier molecular flexibility index (Phi) is 34.5. The summed E-state index contributed by atoms with van der Waals surface area (Å²) in [6.45, 7) is 3.18. The van der Waals surface area contributed by atoms with E-state index in [1.807, 2.05) is 0 Å². The van der Waals surface area contributed by atoms with Crippen LogP contribution in [0.3, 0.4) is 0 Å². The third-order valence-electron chi connectivity index (χ3n) is 11.0. The van der Waals surface area contributed by atoms with Crippen molar-refractivity contribution in [2.24, 2.45) is 0 Å². The van der Waals surface area contributed by atoms with Crippen LogP contribution in [0.5, 0.6) is 0 Å². The van der Waals surface area contributed by atoms with Gasteiger partial charge in [-0.25, -0.2) is 4.18 Å². The van der Waals surface area contributed by atoms with Crippen LogP contribution >= 0.6 is 0 Å². The first kappa shape index (κ1) is 56.3. The molecule has 1 rings (SSSR count). The summed E-state index contributed by atoms with van der Waals surface area (Å²) in [5.41, 5.74) is 0. The average Bonchev–Trinajstić information content (AvgIpc) is 3.22. The molecule has 0 aromatic carbocycles. The predicted molar refractivity (Wildman–Crippen MR) is 238 cm³/mol. The standard InChI is InChI=1S/C46H85NO12S/c1-3-5-7-9-11-13-15-17-19-20-21-23-25-27-29-31-33-35-40(50)45(53)47-38(37-57-46-43(52)44(59-60(54,55)56)42(51)41(36-48)58-46)39(49)34-32-30-28-26-24-22-18-16-14-12-10-8-6-4-2/h21,23-24,26,32,34,38-44,46,48-52H,3-20,22,25,27-31,33,35-37H2,1-2H3,(H,47,53)(H,54,55,56)/b23-21-,26-24+,34-32+. The number of hydrogen-bond donors (Lipinski definition) is 7. The molecule has 1 aliphatic heterocycles. The van der Waals surface area contributed by atoms with Gasteiger partial charge in [-0.3, -0.25) is 9.35 Å². The molecule has 1 amide bonds. The van der Waals surface area contributed by atoms with Crippen molar-refractivity contribution in [3.63, 3.8) is 0 Å². The molecule has 352 valence electrons. The Morgan fingerprint density at radius 3 is 1.60 bits per heavy atom. The molecule has 0 aromatic heterocycles. The zero-order valence-corrected chi connectivity index (χ0v) is 37.9. The third-order valence-corrected chi connectivity index (χ3v) is 11.5. The summed E-state index contributed by atoms with van der Waals surface area (Å²) in [5, 5.41) is 55.1. The minimum atomic E-state index is -5.12. The molecule has 60 heavy (non-hydrogen) atoms. The summed E-state index contributed by atoms with van der Waals surface area (Å²) in [7, 11) is -5.12. The highest BCUT2D eigenvalue weighted by molar-refractivity contribution is 7.80. The summed E-state index contributed by atoms with van der Waals surface area (Å²) in [4.78, 5) is 13.1. The normalized spacial score (nSPS) is 21.6. The van der Waals surface area contributed by atoms with Crippen molar-refractivity contribution in [3.8, 4) is 0 Å². The Hall–Kier alpha value is -1.72. The molecule has 7 N–H and O–H groups in total. The number of hydrogen-bond acceptors (Lipinski definition) is 11. The van der Waals surface area contributed by atoms with Crippen LogP contribution in [0.25, 0.3) is 0 Å². The lowest BCUT2D eigenvalue weighted by Gasteiger charge is -2.41. The topological polar surface area (TPSA) is 212 Å². The molecule has 0 radical (unpaired) electrons. The van der Waals surface area contributed by atoms with E-state index in [-0.39, 0.29) is 6.42 Å². The number of rotatable bonds is 39. The van der Waals surface area contributed by atoms with Crippen LogP contribution in [0, 0.1) is 0 Å². The zero-order valence-electron chi connectivity index (χ0n) is 37.1. The number of unbranched alkanes of at least 4 members (excludes halogenated alkanes) is 22. The van der Waals surface area contributed by atoms with Gasteiger partial charge in [0.25, 0.3) is 0 Å². The monoisotopic (exact) mass is 876 g/mol. The highest BCUT2D eigenvalue weighted by Gasteiger charge is 2.48. The van der Waals surface area contributed by atoms with E-state index in [2.05, 4.69) is 47.7 Å². The summed E-state index contributed by atoms with van der Waals surface area (Å²) in [6, 6.07) is -1.14. The Labute approximate surface area is 363 Å². The van der Waals surface area contributed by atoms with Crippen molar-refractivity contribution < 1.29 is 57.0 Å². The van der Waals surface area contributed by atoms with E-state index in [1.165, 1.54) is 109 Å². The Balaban J connectivity index is 2.61. The van der Waals surface area contributed by atoms with Crippen LogP contribution in [0.1, 0.15) is 187 Å². The van der Waals surface area contributed by atoms with E-state index >= 15 is 0 Å². The quantitative estimate of drug-likeness (QED) is 0.0178. The maximum Gasteiger partial charge on any atom is 0.397 e. The van der Waals surface area contributed by atoms with Gasteiger partial charge >= 0.3 is 10.4 Å². The van der Waals surface area contributed by atoms with E-state index in [0.717, 1.165) is 51.4 Å². The second kappa shape index (κ2) is 36.7. The molecule has 1 saturated heterocycles. The van der Waals surface area contributed by atoms with Crippen LogP contribution in [-0.4, -0.2) is 107 Å². The van der Waals surface area contributed by atoms with Gasteiger partial charge in [-0.05, 0) is 57.8 Å². The molecule has 8 unspecified atom stereocenters. The summed E-state index contributed by atoms with van der Waals surface area (Å²) >= 11 is 0. The first-order chi connectivity index (χ1) is 28.9. The van der Waals surface area contributed by atoms with Gasteiger partial charge in [0.2, 0.25) is 5.91 Å². The number of amides is 1. The first-order valence-corrected chi connectivity index (χ1v) is 24.8. The second-order valence-corrected chi connectivity index (χ2v) is 17.5. The number of nitrogens with one attached hydrogen (secondary N) is 1. The number of allylic oxidation sites excluding steroid dienone is 5. The smallest absolute Gasteiger partial charge is 0.394 e. The minimum Gasteiger partial charge on any atom is -0.394 e. The maximum absolute atomic E-state index is 13.1. The van der Waals surface area contributed by atoms with Gasteiger partial charge < -0.3 is 40.3 Å². The number of aliphatic hydroxyl groups excluding tert-OH is 5. The van der Waals surface area contributed by atoms with Crippen molar-refractivity contribution in [2.75, 3.05) is 13.2 Å². The molecule has 8 atom stereocenters. The van der Waals surface area contributed by atoms with Crippen molar-refractivity contribution in [1.82, 2.24) is 5.32 Å². The number of carbonyl (C=O) groups is 1. The Bertz CT molecular complexity index is 1230. The molecule has 0 bridgehead atoms. The molecule has 0 aromatic rings. The fourth-order valence-corrected chi connectivity index (χ4v) is 7.74. The summed E-state index contributed by atoms with van der Waals surface area (Å²) in [6.07, 6.45) is 30.9. The highest BCUT2D eigenvalue weighted by atomic mass is 32.3. The van der Waals surface area contributed by atoms with Crippen LogP contribution in [0.2, 0.25) is 0 Å². The van der Waals surface area contributed by atoms with Gasteiger partial charge in [-0.1, -0.05) is 166 Å². The average molecular weight is 876 g/mol. The molecule has 1 heterocycles. The minimum absolute atomic E-state index is 0.222. The van der Waals surface area contributed by atoms with Gasteiger partial charge in [-0.15, -0.1) is 0 Å². The fraction of sp³-hybridized carbons (Fsp3) is 0.848. The van der Waals surface area contributed by atoms with Gasteiger partial charge in [0.05, 0.1) is 25.4 Å². The van der Waals surface area contributed by atoms with Crippen molar-refractivity contribution in [3.05, 3.63) is 36.5 Å². The lowest BCUT2D eigenvalue weighted by molar-refractivity contribution is -0.298. The molecular formula is C46H85NO12S. The molecule has 13 nitrogen and oxygen atoms in total. The first-order valence-electron chi connectivity index (χ1n) is 23.5. The molecule has 1 aliphatic rings. The lowest BCUT2D eigenvalue weighted by Crippen LogP contribution is -2.61.